The Labute approximate surface area is 127 Å². The number of carbonyl (C=O) groups is 1. The molecule has 0 N–H and O–H groups in total. The Morgan fingerprint density at radius 2 is 2.09 bits per heavy atom. The van der Waals surface area contributed by atoms with Gasteiger partial charge in [0.05, 0.1) is 5.69 Å². The third kappa shape index (κ3) is 2.98. The number of fused-ring (bicyclic) bond motifs is 1. The number of hydrogen-bond acceptors (Lipinski definition) is 3. The minimum atomic E-state index is -0.343. The number of Topliss-reactive ketones (excluding diaryl/α,β-unsaturated/α-hetero) is 1. The van der Waals surface area contributed by atoms with Crippen LogP contribution in [-0.4, -0.2) is 15.6 Å². The second kappa shape index (κ2) is 5.83. The molecular formula is C17H17FN2O2. The summed E-state index contributed by atoms with van der Waals surface area (Å²) in [5.41, 5.74) is 2.32. The van der Waals surface area contributed by atoms with Crippen molar-refractivity contribution in [2.75, 3.05) is 0 Å². The predicted molar refractivity (Wildman–Crippen MR) is 80.3 cm³/mol. The van der Waals surface area contributed by atoms with E-state index in [0.29, 0.717) is 18.4 Å². The summed E-state index contributed by atoms with van der Waals surface area (Å²) >= 11 is 0. The topological polar surface area (TPSA) is 52.0 Å². The van der Waals surface area contributed by atoms with Crippen molar-refractivity contribution >= 4 is 5.78 Å². The van der Waals surface area contributed by atoms with Crippen LogP contribution in [0.1, 0.15) is 34.5 Å². The van der Waals surface area contributed by atoms with Gasteiger partial charge in [-0.2, -0.15) is 5.10 Å². The third-order valence-electron chi connectivity index (χ3n) is 4.20. The second-order valence-corrected chi connectivity index (χ2v) is 5.82. The number of hydrogen-bond donors (Lipinski definition) is 0. The van der Waals surface area contributed by atoms with Crippen molar-refractivity contribution in [2.24, 2.45) is 13.0 Å². The number of aryl methyl sites for hydroxylation is 2. The van der Waals surface area contributed by atoms with Crippen LogP contribution in [0.25, 0.3) is 0 Å². The monoisotopic (exact) mass is 300 g/mol. The number of aromatic nitrogens is 2. The summed E-state index contributed by atoms with van der Waals surface area (Å²) in [4.78, 5) is 23.9. The lowest BCUT2D eigenvalue weighted by molar-refractivity contribution is 0.0957. The zero-order chi connectivity index (χ0) is 15.7. The Morgan fingerprint density at radius 1 is 1.36 bits per heavy atom. The molecule has 0 saturated heterocycles. The minimum absolute atomic E-state index is 0.0187. The summed E-state index contributed by atoms with van der Waals surface area (Å²) in [6.45, 7) is 0. The van der Waals surface area contributed by atoms with Crippen LogP contribution in [0.2, 0.25) is 0 Å². The summed E-state index contributed by atoms with van der Waals surface area (Å²) in [6, 6.07) is 7.27. The van der Waals surface area contributed by atoms with Crippen LogP contribution < -0.4 is 5.56 Å². The maximum Gasteiger partial charge on any atom is 0.266 e. The van der Waals surface area contributed by atoms with E-state index in [9.17, 15) is 14.0 Å². The number of carbonyl (C=O) groups excluding carboxylic acids is 1. The average molecular weight is 300 g/mol. The van der Waals surface area contributed by atoms with E-state index in [-0.39, 0.29) is 23.1 Å². The molecule has 1 aromatic carbocycles. The first-order valence-corrected chi connectivity index (χ1v) is 7.38. The van der Waals surface area contributed by atoms with Crippen molar-refractivity contribution in [3.8, 4) is 0 Å². The van der Waals surface area contributed by atoms with Crippen LogP contribution in [0.15, 0.2) is 35.1 Å². The zero-order valence-electron chi connectivity index (χ0n) is 12.4. The van der Waals surface area contributed by atoms with Crippen molar-refractivity contribution in [1.29, 1.82) is 0 Å². The fourth-order valence-corrected chi connectivity index (χ4v) is 2.95. The van der Waals surface area contributed by atoms with Crippen LogP contribution in [0, 0.1) is 11.7 Å². The molecule has 1 unspecified atom stereocenters. The molecule has 0 saturated carbocycles. The van der Waals surface area contributed by atoms with Crippen molar-refractivity contribution in [3.05, 3.63) is 63.3 Å². The molecule has 1 aromatic heterocycles. The summed E-state index contributed by atoms with van der Waals surface area (Å²) in [5.74, 6) is -0.116. The van der Waals surface area contributed by atoms with Crippen molar-refractivity contribution < 1.29 is 9.18 Å². The molecule has 0 amide bonds. The van der Waals surface area contributed by atoms with E-state index in [4.69, 9.17) is 0 Å². The van der Waals surface area contributed by atoms with Gasteiger partial charge in [-0.15, -0.1) is 0 Å². The second-order valence-electron chi connectivity index (χ2n) is 5.82. The molecule has 0 radical (unpaired) electrons. The fraction of sp³-hybridized carbons (Fsp3) is 0.353. The molecule has 1 aliphatic carbocycles. The summed E-state index contributed by atoms with van der Waals surface area (Å²) in [7, 11) is 1.65. The Bertz CT molecular complexity index is 765. The SMILES string of the molecule is Cn1nc2c(cc1=O)CC(CC(=O)c1ccc(F)cc1)CC2. The summed E-state index contributed by atoms with van der Waals surface area (Å²) in [5, 5.41) is 4.27. The number of halogens is 1. The number of rotatable bonds is 3. The molecule has 1 aliphatic rings. The fourth-order valence-electron chi connectivity index (χ4n) is 2.95. The Morgan fingerprint density at radius 3 is 2.82 bits per heavy atom. The van der Waals surface area contributed by atoms with E-state index in [1.807, 2.05) is 0 Å². The Balaban J connectivity index is 1.72. The lowest BCUT2D eigenvalue weighted by Gasteiger charge is -2.23. The normalized spacial score (nSPS) is 17.1. The average Bonchev–Trinajstić information content (AvgIpc) is 2.49. The quantitative estimate of drug-likeness (QED) is 0.817. The third-order valence-corrected chi connectivity index (χ3v) is 4.20. The molecule has 0 bridgehead atoms. The molecule has 0 spiro atoms. The molecule has 2 aromatic rings. The summed E-state index contributed by atoms with van der Waals surface area (Å²) in [6.07, 6.45) is 2.78. The van der Waals surface area contributed by atoms with Gasteiger partial charge in [0.2, 0.25) is 0 Å². The molecule has 22 heavy (non-hydrogen) atoms. The van der Waals surface area contributed by atoms with Crippen molar-refractivity contribution in [3.63, 3.8) is 0 Å². The van der Waals surface area contributed by atoms with Gasteiger partial charge in [-0.1, -0.05) is 0 Å². The maximum atomic E-state index is 12.9. The van der Waals surface area contributed by atoms with Gasteiger partial charge in [0, 0.05) is 25.1 Å². The van der Waals surface area contributed by atoms with E-state index in [1.165, 1.54) is 28.9 Å². The van der Waals surface area contributed by atoms with E-state index >= 15 is 0 Å². The summed E-state index contributed by atoms with van der Waals surface area (Å²) < 4.78 is 14.2. The van der Waals surface area contributed by atoms with Gasteiger partial charge < -0.3 is 0 Å². The molecule has 0 aliphatic heterocycles. The van der Waals surface area contributed by atoms with Gasteiger partial charge in [-0.3, -0.25) is 9.59 Å². The van der Waals surface area contributed by atoms with Crippen molar-refractivity contribution in [1.82, 2.24) is 9.78 Å². The zero-order valence-corrected chi connectivity index (χ0v) is 12.4. The van der Waals surface area contributed by atoms with Crippen LogP contribution in [0.5, 0.6) is 0 Å². The smallest absolute Gasteiger partial charge is 0.266 e. The van der Waals surface area contributed by atoms with E-state index in [2.05, 4.69) is 5.10 Å². The van der Waals surface area contributed by atoms with Gasteiger partial charge in [0.25, 0.3) is 5.56 Å². The van der Waals surface area contributed by atoms with E-state index < -0.39 is 0 Å². The molecular weight excluding hydrogens is 283 g/mol. The Kier molecular flexibility index (Phi) is 3.88. The van der Waals surface area contributed by atoms with Crippen LogP contribution in [0.3, 0.4) is 0 Å². The van der Waals surface area contributed by atoms with Crippen LogP contribution >= 0.6 is 0 Å². The molecule has 1 heterocycles. The molecule has 114 valence electrons. The van der Waals surface area contributed by atoms with E-state index in [0.717, 1.165) is 24.1 Å². The highest BCUT2D eigenvalue weighted by molar-refractivity contribution is 5.96. The highest BCUT2D eigenvalue weighted by Crippen LogP contribution is 2.26. The van der Waals surface area contributed by atoms with Gasteiger partial charge in [-0.25, -0.2) is 9.07 Å². The highest BCUT2D eigenvalue weighted by atomic mass is 19.1. The van der Waals surface area contributed by atoms with Gasteiger partial charge >= 0.3 is 0 Å². The predicted octanol–water partition coefficient (Wildman–Crippen LogP) is 2.30. The van der Waals surface area contributed by atoms with Gasteiger partial charge in [0.1, 0.15) is 5.82 Å². The molecule has 3 rings (SSSR count). The molecule has 5 heteroatoms. The maximum absolute atomic E-state index is 12.9. The number of benzene rings is 1. The molecule has 4 nitrogen and oxygen atoms in total. The molecule has 0 fully saturated rings. The van der Waals surface area contributed by atoms with Crippen molar-refractivity contribution in [2.45, 2.75) is 25.7 Å². The molecule has 1 atom stereocenters. The van der Waals surface area contributed by atoms with Crippen LogP contribution in [0.4, 0.5) is 4.39 Å². The first-order valence-electron chi connectivity index (χ1n) is 7.38. The van der Waals surface area contributed by atoms with Gasteiger partial charge in [0.15, 0.2) is 5.78 Å². The van der Waals surface area contributed by atoms with Gasteiger partial charge in [-0.05, 0) is 55.0 Å². The first kappa shape index (κ1) is 14.6. The number of ketones is 1. The lowest BCUT2D eigenvalue weighted by Crippen LogP contribution is -2.26. The Hall–Kier alpha value is -2.30. The highest BCUT2D eigenvalue weighted by Gasteiger charge is 2.23. The largest absolute Gasteiger partial charge is 0.294 e. The first-order chi connectivity index (χ1) is 10.5. The number of nitrogens with zero attached hydrogens (tertiary/aromatic N) is 2. The minimum Gasteiger partial charge on any atom is -0.294 e. The van der Waals surface area contributed by atoms with Crippen LogP contribution in [-0.2, 0) is 19.9 Å². The lowest BCUT2D eigenvalue weighted by atomic mass is 9.83. The standard InChI is InChI=1S/C17H17FN2O2/c1-20-17(22)10-13-8-11(2-7-15(13)19-20)9-16(21)12-3-5-14(18)6-4-12/h3-6,10-11H,2,7-9H2,1H3. The van der Waals surface area contributed by atoms with E-state index in [1.54, 1.807) is 13.1 Å².